The maximum absolute atomic E-state index is 13.3. The fourth-order valence-electron chi connectivity index (χ4n) is 7.36. The molecule has 1 saturated carbocycles. The molecular weight excluding hydrogens is 652 g/mol. The molecule has 2 saturated heterocycles. The fourth-order valence-corrected chi connectivity index (χ4v) is 7.36. The van der Waals surface area contributed by atoms with Crippen LogP contribution in [0.2, 0.25) is 0 Å². The number of amides is 3. The summed E-state index contributed by atoms with van der Waals surface area (Å²) in [5.74, 6) is 1.57. The van der Waals surface area contributed by atoms with Crippen LogP contribution in [0, 0.1) is 0 Å². The van der Waals surface area contributed by atoms with Gasteiger partial charge < -0.3 is 44.4 Å². The van der Waals surface area contributed by atoms with Gasteiger partial charge >= 0.3 is 6.09 Å². The number of likely N-dealkylation sites (N-methyl/N-ethyl adjacent to an activating group) is 1. The summed E-state index contributed by atoms with van der Waals surface area (Å²) in [4.78, 5) is 55.5. The first kappa shape index (κ1) is 36.6. The van der Waals surface area contributed by atoms with E-state index in [0.717, 1.165) is 76.8 Å². The van der Waals surface area contributed by atoms with Crippen LogP contribution in [0.4, 0.5) is 27.9 Å². The van der Waals surface area contributed by atoms with Gasteiger partial charge in [0, 0.05) is 57.4 Å². The molecular formula is C37H54N8O6. The minimum Gasteiger partial charge on any atom is -0.495 e. The number of rotatable bonds is 10. The van der Waals surface area contributed by atoms with Gasteiger partial charge in [0.25, 0.3) is 5.91 Å². The molecule has 0 radical (unpaired) electrons. The Hall–Kier alpha value is -4.17. The second-order valence-electron chi connectivity index (χ2n) is 15.1. The molecule has 1 aromatic carbocycles. The normalized spacial score (nSPS) is 19.6. The number of benzene rings is 1. The lowest BCUT2D eigenvalue weighted by molar-refractivity contribution is -0.117. The molecule has 6 rings (SSSR count). The predicted molar refractivity (Wildman–Crippen MR) is 195 cm³/mol. The van der Waals surface area contributed by atoms with Crippen molar-refractivity contribution in [3.05, 3.63) is 30.0 Å². The molecule has 2 N–H and O–H groups in total. The van der Waals surface area contributed by atoms with E-state index in [-0.39, 0.29) is 30.1 Å². The van der Waals surface area contributed by atoms with Gasteiger partial charge in [-0.25, -0.2) is 9.78 Å². The largest absolute Gasteiger partial charge is 0.495 e. The first-order valence-corrected chi connectivity index (χ1v) is 18.5. The number of likely N-dealkylation sites (tertiary alicyclic amines) is 2. The molecule has 1 aromatic heterocycles. The van der Waals surface area contributed by atoms with Crippen LogP contribution >= 0.6 is 0 Å². The number of piperidine rings is 2. The van der Waals surface area contributed by atoms with Gasteiger partial charge in [-0.3, -0.25) is 9.59 Å². The summed E-state index contributed by atoms with van der Waals surface area (Å²) >= 11 is 0. The Morgan fingerprint density at radius 1 is 1.00 bits per heavy atom. The van der Waals surface area contributed by atoms with E-state index in [1.54, 1.807) is 42.3 Å². The standard InChI is InChI=1S/C37H54N8O6/c1-37(2,3)51-36(48)44-18-14-28(15-19-44)50-21-20-43-16-12-26(13-17-43)39-34(47)25-10-11-29(31(22-25)49-5)40-35-38-23-30-33(41-35)45(24-32(46)42(30)4)27-8-6-7-9-27/h10-11,22-23,26-28H,6-9,12-21,24H2,1-5H3,(H,39,47)(H,38,40,41). The number of anilines is 4. The molecule has 0 bridgehead atoms. The van der Waals surface area contributed by atoms with Crippen LogP contribution in [0.3, 0.4) is 0 Å². The topological polar surface area (TPSA) is 142 Å². The Labute approximate surface area is 301 Å². The molecule has 4 heterocycles. The average molecular weight is 707 g/mol. The number of nitrogens with one attached hydrogen (secondary N) is 2. The lowest BCUT2D eigenvalue weighted by atomic mass is 10.0. The van der Waals surface area contributed by atoms with Crippen molar-refractivity contribution in [2.45, 2.75) is 95.9 Å². The second-order valence-corrected chi connectivity index (χ2v) is 15.1. The van der Waals surface area contributed by atoms with Crippen molar-refractivity contribution < 1.29 is 28.6 Å². The molecule has 0 spiro atoms. The van der Waals surface area contributed by atoms with E-state index in [1.165, 1.54) is 0 Å². The first-order valence-electron chi connectivity index (χ1n) is 18.5. The molecule has 51 heavy (non-hydrogen) atoms. The Kier molecular flexibility index (Phi) is 11.5. The van der Waals surface area contributed by atoms with Gasteiger partial charge in [0.1, 0.15) is 17.0 Å². The summed E-state index contributed by atoms with van der Waals surface area (Å²) in [7, 11) is 3.34. The van der Waals surface area contributed by atoms with Crippen LogP contribution in [0.5, 0.6) is 5.75 Å². The highest BCUT2D eigenvalue weighted by Crippen LogP contribution is 2.37. The van der Waals surface area contributed by atoms with E-state index in [4.69, 9.17) is 19.2 Å². The quantitative estimate of drug-likeness (QED) is 0.359. The van der Waals surface area contributed by atoms with Crippen molar-refractivity contribution >= 4 is 41.0 Å². The van der Waals surface area contributed by atoms with Crippen LogP contribution in [0.15, 0.2) is 24.4 Å². The van der Waals surface area contributed by atoms with Crippen molar-refractivity contribution in [2.24, 2.45) is 0 Å². The zero-order chi connectivity index (χ0) is 36.1. The zero-order valence-electron chi connectivity index (χ0n) is 30.8. The van der Waals surface area contributed by atoms with Gasteiger partial charge in [-0.05, 0) is 77.5 Å². The number of methoxy groups -OCH3 is 1. The number of hydrogen-bond donors (Lipinski definition) is 2. The van der Waals surface area contributed by atoms with Gasteiger partial charge in [-0.1, -0.05) is 12.8 Å². The third-order valence-corrected chi connectivity index (χ3v) is 10.3. The number of hydrogen-bond acceptors (Lipinski definition) is 11. The monoisotopic (exact) mass is 706 g/mol. The highest BCUT2D eigenvalue weighted by molar-refractivity contribution is 6.02. The van der Waals surface area contributed by atoms with Crippen LogP contribution in [-0.4, -0.2) is 121 Å². The van der Waals surface area contributed by atoms with Crippen LogP contribution in [0.25, 0.3) is 0 Å². The Balaban J connectivity index is 0.955. The number of carbonyl (C=O) groups excluding carboxylic acids is 3. The summed E-state index contributed by atoms with van der Waals surface area (Å²) in [6, 6.07) is 5.71. The Morgan fingerprint density at radius 3 is 2.41 bits per heavy atom. The minimum absolute atomic E-state index is 0.0381. The maximum atomic E-state index is 13.3. The van der Waals surface area contributed by atoms with Crippen molar-refractivity contribution in [3.63, 3.8) is 0 Å². The number of fused-ring (bicyclic) bond motifs is 1. The SMILES string of the molecule is COc1cc(C(=O)NC2CCN(CCOC3CCN(C(=O)OC(C)(C)C)CC3)CC2)ccc1Nc1ncc2c(n1)N(C1CCCC1)CC(=O)N2C. The van der Waals surface area contributed by atoms with Crippen molar-refractivity contribution in [1.29, 1.82) is 0 Å². The van der Waals surface area contributed by atoms with Crippen LogP contribution < -0.4 is 25.2 Å². The lowest BCUT2D eigenvalue weighted by Crippen LogP contribution is -2.48. The Morgan fingerprint density at radius 2 is 1.73 bits per heavy atom. The molecule has 14 nitrogen and oxygen atoms in total. The van der Waals surface area contributed by atoms with E-state index in [1.807, 2.05) is 26.8 Å². The second kappa shape index (κ2) is 16.0. The van der Waals surface area contributed by atoms with Gasteiger partial charge in [0.05, 0.1) is 38.2 Å². The van der Waals surface area contributed by atoms with E-state index < -0.39 is 5.60 Å². The smallest absolute Gasteiger partial charge is 0.410 e. The third-order valence-electron chi connectivity index (χ3n) is 10.3. The highest BCUT2D eigenvalue weighted by Gasteiger charge is 2.35. The van der Waals surface area contributed by atoms with Gasteiger partial charge in [0.15, 0.2) is 5.82 Å². The van der Waals surface area contributed by atoms with Gasteiger partial charge in [0.2, 0.25) is 11.9 Å². The predicted octanol–water partition coefficient (Wildman–Crippen LogP) is 4.56. The molecule has 0 unspecified atom stereocenters. The zero-order valence-corrected chi connectivity index (χ0v) is 30.8. The van der Waals surface area contributed by atoms with Gasteiger partial charge in [-0.2, -0.15) is 4.98 Å². The van der Waals surface area contributed by atoms with Crippen molar-refractivity contribution in [2.75, 3.05) is 75.1 Å². The third kappa shape index (κ3) is 9.20. The molecule has 14 heteroatoms. The number of ether oxygens (including phenoxy) is 3. The summed E-state index contributed by atoms with van der Waals surface area (Å²) in [6.07, 6.45) is 9.38. The van der Waals surface area contributed by atoms with E-state index in [9.17, 15) is 14.4 Å². The molecule has 0 atom stereocenters. The van der Waals surface area contributed by atoms with E-state index >= 15 is 0 Å². The minimum atomic E-state index is -0.488. The Bertz CT molecular complexity index is 1540. The number of nitrogens with zero attached hydrogens (tertiary/aromatic N) is 6. The van der Waals surface area contributed by atoms with Gasteiger partial charge in [-0.15, -0.1) is 0 Å². The maximum Gasteiger partial charge on any atom is 0.410 e. The fraction of sp³-hybridized carbons (Fsp3) is 0.649. The first-order chi connectivity index (χ1) is 24.5. The van der Waals surface area contributed by atoms with Crippen LogP contribution in [0.1, 0.15) is 82.5 Å². The van der Waals surface area contributed by atoms with E-state index in [0.29, 0.717) is 60.9 Å². The summed E-state index contributed by atoms with van der Waals surface area (Å²) < 4.78 is 17.3. The molecule has 1 aliphatic carbocycles. The molecule has 3 aliphatic heterocycles. The summed E-state index contributed by atoms with van der Waals surface area (Å²) in [5.41, 5.74) is 1.38. The number of aromatic nitrogens is 2. The van der Waals surface area contributed by atoms with Crippen molar-refractivity contribution in [3.8, 4) is 5.75 Å². The molecule has 3 amide bonds. The number of carbonyl (C=O) groups is 3. The molecule has 278 valence electrons. The van der Waals surface area contributed by atoms with Crippen LogP contribution in [-0.2, 0) is 14.3 Å². The molecule has 2 aromatic rings. The van der Waals surface area contributed by atoms with Crippen molar-refractivity contribution in [1.82, 2.24) is 25.1 Å². The average Bonchev–Trinajstić information content (AvgIpc) is 3.65. The molecule has 4 aliphatic rings. The summed E-state index contributed by atoms with van der Waals surface area (Å²) in [5, 5.41) is 6.48. The lowest BCUT2D eigenvalue weighted by Gasteiger charge is -2.37. The molecule has 3 fully saturated rings. The summed E-state index contributed by atoms with van der Waals surface area (Å²) in [6.45, 7) is 10.5. The highest BCUT2D eigenvalue weighted by atomic mass is 16.6. The van der Waals surface area contributed by atoms with E-state index in [2.05, 4.69) is 25.4 Å².